The number of aliphatic imine (C=N–C) groups is 1. The lowest BCUT2D eigenvalue weighted by molar-refractivity contribution is 0.462. The molecule has 1 aromatic heterocycles. The normalized spacial score (nSPS) is 16.2. The summed E-state index contributed by atoms with van der Waals surface area (Å²) in [5.74, 6) is 0.562. The molecule has 0 amide bonds. The zero-order valence-electron chi connectivity index (χ0n) is 13.8. The first-order chi connectivity index (χ1) is 11.7. The number of halogens is 1. The highest BCUT2D eigenvalue weighted by Gasteiger charge is 2.20. The maximum Gasteiger partial charge on any atom is 0.191 e. The Balaban J connectivity index is 1.46. The lowest BCUT2D eigenvalue weighted by Crippen LogP contribution is -2.48. The summed E-state index contributed by atoms with van der Waals surface area (Å²) in [5.41, 5.74) is 0.908. The predicted molar refractivity (Wildman–Crippen MR) is 99.3 cm³/mol. The van der Waals surface area contributed by atoms with Crippen LogP contribution in [0.25, 0.3) is 0 Å². The van der Waals surface area contributed by atoms with Gasteiger partial charge in [-0.05, 0) is 48.1 Å². The standard InChI is InChI=1S/C18H23FN4S/c1-20-18(21-13-14-4-2-5-15(19)12-14)22-16-7-9-23(10-8-16)17-6-3-11-24-17/h2-6,11-12,16H,7-10,13H2,1H3,(H2,20,21,22). The van der Waals surface area contributed by atoms with E-state index in [1.54, 1.807) is 30.5 Å². The van der Waals surface area contributed by atoms with Gasteiger partial charge in [-0.25, -0.2) is 4.39 Å². The molecule has 1 fully saturated rings. The Morgan fingerprint density at radius 2 is 2.12 bits per heavy atom. The van der Waals surface area contributed by atoms with E-state index < -0.39 is 0 Å². The number of anilines is 1. The fourth-order valence-corrected chi connectivity index (χ4v) is 3.70. The second-order valence-electron chi connectivity index (χ2n) is 5.91. The van der Waals surface area contributed by atoms with Gasteiger partial charge in [0.15, 0.2) is 5.96 Å². The van der Waals surface area contributed by atoms with Crippen molar-refractivity contribution < 1.29 is 4.39 Å². The number of thiophene rings is 1. The summed E-state index contributed by atoms with van der Waals surface area (Å²) in [6.07, 6.45) is 2.16. The van der Waals surface area contributed by atoms with Crippen LogP contribution in [0.5, 0.6) is 0 Å². The Hall–Kier alpha value is -2.08. The fraction of sp³-hybridized carbons (Fsp3) is 0.389. The minimum atomic E-state index is -0.210. The van der Waals surface area contributed by atoms with E-state index >= 15 is 0 Å². The molecule has 2 aromatic rings. The topological polar surface area (TPSA) is 39.7 Å². The van der Waals surface area contributed by atoms with Gasteiger partial charge in [-0.1, -0.05) is 12.1 Å². The third-order valence-electron chi connectivity index (χ3n) is 4.23. The molecule has 1 saturated heterocycles. The highest BCUT2D eigenvalue weighted by Crippen LogP contribution is 2.24. The van der Waals surface area contributed by atoms with Gasteiger partial charge >= 0.3 is 0 Å². The molecule has 0 unspecified atom stereocenters. The Bertz CT molecular complexity index is 663. The fourth-order valence-electron chi connectivity index (χ4n) is 2.91. The number of piperidine rings is 1. The molecule has 1 aromatic carbocycles. The van der Waals surface area contributed by atoms with Gasteiger partial charge in [0.05, 0.1) is 5.00 Å². The number of rotatable bonds is 4. The van der Waals surface area contributed by atoms with Gasteiger partial charge in [-0.2, -0.15) is 0 Å². The third-order valence-corrected chi connectivity index (χ3v) is 5.16. The number of benzene rings is 1. The van der Waals surface area contributed by atoms with Crippen molar-refractivity contribution in [2.75, 3.05) is 25.0 Å². The Morgan fingerprint density at radius 1 is 1.29 bits per heavy atom. The van der Waals surface area contributed by atoms with E-state index in [0.717, 1.165) is 37.5 Å². The van der Waals surface area contributed by atoms with E-state index in [9.17, 15) is 4.39 Å². The van der Waals surface area contributed by atoms with Crippen LogP contribution in [-0.2, 0) is 6.54 Å². The number of hydrogen-bond acceptors (Lipinski definition) is 3. The van der Waals surface area contributed by atoms with Crippen LogP contribution >= 0.6 is 11.3 Å². The second-order valence-corrected chi connectivity index (χ2v) is 6.84. The third kappa shape index (κ3) is 4.47. The molecule has 0 radical (unpaired) electrons. The van der Waals surface area contributed by atoms with Crippen LogP contribution in [0.3, 0.4) is 0 Å². The van der Waals surface area contributed by atoms with Crippen molar-refractivity contribution in [1.82, 2.24) is 10.6 Å². The smallest absolute Gasteiger partial charge is 0.191 e. The van der Waals surface area contributed by atoms with Crippen molar-refractivity contribution >= 4 is 22.3 Å². The molecular weight excluding hydrogens is 323 g/mol. The monoisotopic (exact) mass is 346 g/mol. The molecule has 128 valence electrons. The summed E-state index contributed by atoms with van der Waals surface area (Å²) in [7, 11) is 1.77. The van der Waals surface area contributed by atoms with Gasteiger partial charge in [-0.15, -0.1) is 11.3 Å². The van der Waals surface area contributed by atoms with Gasteiger partial charge in [0.25, 0.3) is 0 Å². The molecular formula is C18H23FN4S. The van der Waals surface area contributed by atoms with Crippen LogP contribution in [0.4, 0.5) is 9.39 Å². The van der Waals surface area contributed by atoms with E-state index in [1.807, 2.05) is 6.07 Å². The quantitative estimate of drug-likeness (QED) is 0.660. The number of nitrogens with one attached hydrogen (secondary N) is 2. The zero-order valence-corrected chi connectivity index (χ0v) is 14.7. The van der Waals surface area contributed by atoms with Crippen molar-refractivity contribution in [3.63, 3.8) is 0 Å². The largest absolute Gasteiger partial charge is 0.363 e. The average molecular weight is 346 g/mol. The van der Waals surface area contributed by atoms with Crippen LogP contribution in [0.1, 0.15) is 18.4 Å². The van der Waals surface area contributed by atoms with Crippen molar-refractivity contribution in [3.8, 4) is 0 Å². The first-order valence-electron chi connectivity index (χ1n) is 8.24. The molecule has 0 atom stereocenters. The molecule has 6 heteroatoms. The van der Waals surface area contributed by atoms with Crippen molar-refractivity contribution in [3.05, 3.63) is 53.2 Å². The van der Waals surface area contributed by atoms with Crippen molar-refractivity contribution in [2.45, 2.75) is 25.4 Å². The molecule has 24 heavy (non-hydrogen) atoms. The van der Waals surface area contributed by atoms with Crippen LogP contribution in [0.15, 0.2) is 46.8 Å². The Kier molecular flexibility index (Phi) is 5.69. The van der Waals surface area contributed by atoms with Crippen molar-refractivity contribution in [2.24, 2.45) is 4.99 Å². The van der Waals surface area contributed by atoms with E-state index in [1.165, 1.54) is 11.1 Å². The molecule has 0 bridgehead atoms. The van der Waals surface area contributed by atoms with Crippen molar-refractivity contribution in [1.29, 1.82) is 0 Å². The molecule has 0 aliphatic carbocycles. The highest BCUT2D eigenvalue weighted by atomic mass is 32.1. The summed E-state index contributed by atoms with van der Waals surface area (Å²) >= 11 is 1.79. The van der Waals surface area contributed by atoms with Gasteiger partial charge in [-0.3, -0.25) is 4.99 Å². The summed E-state index contributed by atoms with van der Waals surface area (Å²) in [4.78, 5) is 6.71. The molecule has 4 nitrogen and oxygen atoms in total. The van der Waals surface area contributed by atoms with E-state index in [2.05, 4.69) is 38.0 Å². The lowest BCUT2D eigenvalue weighted by atomic mass is 10.1. The lowest BCUT2D eigenvalue weighted by Gasteiger charge is -2.33. The van der Waals surface area contributed by atoms with E-state index in [-0.39, 0.29) is 5.82 Å². The number of nitrogens with zero attached hydrogens (tertiary/aromatic N) is 2. The molecule has 3 rings (SSSR count). The minimum Gasteiger partial charge on any atom is -0.363 e. The van der Waals surface area contributed by atoms with Crippen LogP contribution in [0.2, 0.25) is 0 Å². The van der Waals surface area contributed by atoms with Crippen LogP contribution in [-0.4, -0.2) is 32.1 Å². The molecule has 1 aliphatic heterocycles. The molecule has 0 saturated carbocycles. The summed E-state index contributed by atoms with van der Waals surface area (Å²) in [6, 6.07) is 11.3. The highest BCUT2D eigenvalue weighted by molar-refractivity contribution is 7.14. The predicted octanol–water partition coefficient (Wildman–Crippen LogP) is 3.22. The van der Waals surface area contributed by atoms with E-state index in [4.69, 9.17) is 0 Å². The second kappa shape index (κ2) is 8.15. The Labute approximate surface area is 146 Å². The van der Waals surface area contributed by atoms with Crippen LogP contribution in [0, 0.1) is 5.82 Å². The average Bonchev–Trinajstić information content (AvgIpc) is 3.14. The maximum atomic E-state index is 13.2. The Morgan fingerprint density at radius 3 is 2.79 bits per heavy atom. The summed E-state index contributed by atoms with van der Waals surface area (Å²) in [6.45, 7) is 2.67. The maximum absolute atomic E-state index is 13.2. The van der Waals surface area contributed by atoms with E-state index in [0.29, 0.717) is 12.6 Å². The molecule has 0 spiro atoms. The minimum absolute atomic E-state index is 0.210. The molecule has 1 aliphatic rings. The van der Waals surface area contributed by atoms with Gasteiger partial charge in [0, 0.05) is 32.7 Å². The number of guanidine groups is 1. The number of hydrogen-bond donors (Lipinski definition) is 2. The first-order valence-corrected chi connectivity index (χ1v) is 9.12. The molecule has 2 heterocycles. The SMILES string of the molecule is CN=C(NCc1cccc(F)c1)NC1CCN(c2cccs2)CC1. The van der Waals surface area contributed by atoms with Gasteiger partial charge < -0.3 is 15.5 Å². The summed E-state index contributed by atoms with van der Waals surface area (Å²) in [5, 5.41) is 10.2. The first kappa shape index (κ1) is 16.8. The van der Waals surface area contributed by atoms with Gasteiger partial charge in [0.2, 0.25) is 0 Å². The molecule has 2 N–H and O–H groups in total. The summed E-state index contributed by atoms with van der Waals surface area (Å²) < 4.78 is 13.2. The zero-order chi connectivity index (χ0) is 16.8. The van der Waals surface area contributed by atoms with Gasteiger partial charge in [0.1, 0.15) is 5.82 Å². The van der Waals surface area contributed by atoms with Crippen LogP contribution < -0.4 is 15.5 Å².